The third kappa shape index (κ3) is 3.38. The lowest BCUT2D eigenvalue weighted by Gasteiger charge is -2.32. The van der Waals surface area contributed by atoms with Crippen LogP contribution >= 0.6 is 0 Å². The van der Waals surface area contributed by atoms with Gasteiger partial charge in [-0.1, -0.05) is 0 Å². The summed E-state index contributed by atoms with van der Waals surface area (Å²) in [6.45, 7) is 7.45. The van der Waals surface area contributed by atoms with Gasteiger partial charge in [0.05, 0.1) is 24.5 Å². The van der Waals surface area contributed by atoms with Crippen LogP contribution in [-0.4, -0.2) is 31.6 Å². The first-order chi connectivity index (χ1) is 9.77. The minimum Gasteiger partial charge on any atom is -0.494 e. The molecule has 0 aromatic heterocycles. The Hall–Kier alpha value is -1.14. The quantitative estimate of drug-likeness (QED) is 0.618. The summed E-state index contributed by atoms with van der Waals surface area (Å²) >= 11 is 0. The molecule has 1 fully saturated rings. The van der Waals surface area contributed by atoms with Crippen LogP contribution in [0.15, 0.2) is 18.2 Å². The maximum atomic E-state index is 14.0. The maximum absolute atomic E-state index is 14.0. The standard InChI is InChI=1S/C15H21BF2O3/c1-14(2)15(3,4)21-16(20-14)12-10-11(6-7-13(12)18)19-9-5-8-17/h6-7,10H,5,8-9H2,1-4H3. The van der Waals surface area contributed by atoms with Gasteiger partial charge in [-0.2, -0.15) is 0 Å². The first kappa shape index (κ1) is 16.2. The molecule has 0 amide bonds. The SMILES string of the molecule is CC1(C)OB(c2cc(OCCCF)ccc2F)OC1(C)C. The Bertz CT molecular complexity index is 490. The summed E-state index contributed by atoms with van der Waals surface area (Å²) in [5.41, 5.74) is -0.767. The normalized spacial score (nSPS) is 19.8. The van der Waals surface area contributed by atoms with Crippen LogP contribution in [0, 0.1) is 5.82 Å². The van der Waals surface area contributed by atoms with Crippen LogP contribution in [-0.2, 0) is 9.31 Å². The van der Waals surface area contributed by atoms with Crippen molar-refractivity contribution in [3.63, 3.8) is 0 Å². The predicted molar refractivity (Wildman–Crippen MR) is 78.2 cm³/mol. The van der Waals surface area contributed by atoms with Gasteiger partial charge >= 0.3 is 7.12 Å². The van der Waals surface area contributed by atoms with E-state index in [2.05, 4.69) is 0 Å². The van der Waals surface area contributed by atoms with E-state index in [0.717, 1.165) is 0 Å². The largest absolute Gasteiger partial charge is 0.497 e. The van der Waals surface area contributed by atoms with Crippen molar-refractivity contribution in [1.82, 2.24) is 0 Å². The van der Waals surface area contributed by atoms with Crippen LogP contribution in [0.5, 0.6) is 5.75 Å². The summed E-state index contributed by atoms with van der Waals surface area (Å²) < 4.78 is 43.2. The molecule has 1 aromatic carbocycles. The molecule has 3 nitrogen and oxygen atoms in total. The lowest BCUT2D eigenvalue weighted by molar-refractivity contribution is 0.00578. The molecule has 2 rings (SSSR count). The Balaban J connectivity index is 2.18. The fraction of sp³-hybridized carbons (Fsp3) is 0.600. The zero-order valence-corrected chi connectivity index (χ0v) is 12.9. The van der Waals surface area contributed by atoms with Crippen LogP contribution in [0.25, 0.3) is 0 Å². The fourth-order valence-corrected chi connectivity index (χ4v) is 2.01. The molecular weight excluding hydrogens is 277 g/mol. The molecule has 0 N–H and O–H groups in total. The van der Waals surface area contributed by atoms with Crippen LogP contribution in [0.3, 0.4) is 0 Å². The number of hydrogen-bond acceptors (Lipinski definition) is 3. The Morgan fingerprint density at radius 2 is 1.76 bits per heavy atom. The summed E-state index contributed by atoms with van der Waals surface area (Å²) in [6, 6.07) is 4.38. The Morgan fingerprint density at radius 3 is 2.33 bits per heavy atom. The molecule has 0 spiro atoms. The van der Waals surface area contributed by atoms with Crippen LogP contribution < -0.4 is 10.2 Å². The highest BCUT2D eigenvalue weighted by Crippen LogP contribution is 2.36. The zero-order chi connectivity index (χ0) is 15.7. The monoisotopic (exact) mass is 298 g/mol. The molecule has 116 valence electrons. The highest BCUT2D eigenvalue weighted by Gasteiger charge is 2.52. The van der Waals surface area contributed by atoms with Crippen molar-refractivity contribution in [2.75, 3.05) is 13.3 Å². The first-order valence-corrected chi connectivity index (χ1v) is 7.11. The lowest BCUT2D eigenvalue weighted by atomic mass is 9.78. The molecule has 1 saturated heterocycles. The Kier molecular flexibility index (Phi) is 4.59. The summed E-state index contributed by atoms with van der Waals surface area (Å²) in [6.07, 6.45) is 0.309. The van der Waals surface area contributed by atoms with Crippen LogP contribution in [0.2, 0.25) is 0 Å². The fourth-order valence-electron chi connectivity index (χ4n) is 2.01. The third-order valence-electron chi connectivity index (χ3n) is 4.02. The summed E-state index contributed by atoms with van der Waals surface area (Å²) in [4.78, 5) is 0. The van der Waals surface area contributed by atoms with E-state index in [-0.39, 0.29) is 6.61 Å². The summed E-state index contributed by atoms with van der Waals surface area (Å²) in [7, 11) is -0.778. The van der Waals surface area contributed by atoms with Crippen molar-refractivity contribution in [3.05, 3.63) is 24.0 Å². The van der Waals surface area contributed by atoms with Gasteiger partial charge in [-0.15, -0.1) is 0 Å². The van der Waals surface area contributed by atoms with Gasteiger partial charge in [-0.05, 0) is 45.9 Å². The second kappa shape index (κ2) is 5.93. The van der Waals surface area contributed by atoms with Crippen molar-refractivity contribution in [1.29, 1.82) is 0 Å². The van der Waals surface area contributed by atoms with Crippen LogP contribution in [0.4, 0.5) is 8.78 Å². The van der Waals surface area contributed by atoms with E-state index >= 15 is 0 Å². The van der Waals surface area contributed by atoms with Gasteiger partial charge < -0.3 is 14.0 Å². The predicted octanol–water partition coefficient (Wildman–Crippen LogP) is 2.86. The summed E-state index contributed by atoms with van der Waals surface area (Å²) in [5, 5.41) is 0. The molecule has 1 heterocycles. The summed E-state index contributed by atoms with van der Waals surface area (Å²) in [5.74, 6) is 0.0703. The van der Waals surface area contributed by atoms with Gasteiger partial charge in [0.2, 0.25) is 0 Å². The topological polar surface area (TPSA) is 27.7 Å². The molecule has 6 heteroatoms. The molecule has 0 saturated carbocycles. The van der Waals surface area contributed by atoms with Crippen molar-refractivity contribution in [3.8, 4) is 5.75 Å². The minimum atomic E-state index is -0.778. The average molecular weight is 298 g/mol. The number of rotatable bonds is 5. The van der Waals surface area contributed by atoms with Crippen molar-refractivity contribution in [2.45, 2.75) is 45.3 Å². The van der Waals surface area contributed by atoms with E-state index in [1.165, 1.54) is 12.1 Å². The number of alkyl halides is 1. The molecule has 1 aromatic rings. The van der Waals surface area contributed by atoms with Crippen LogP contribution in [0.1, 0.15) is 34.1 Å². The van der Waals surface area contributed by atoms with Gasteiger partial charge in [0, 0.05) is 11.9 Å². The highest BCUT2D eigenvalue weighted by molar-refractivity contribution is 6.62. The van der Waals surface area contributed by atoms with E-state index in [1.807, 2.05) is 27.7 Å². The van der Waals surface area contributed by atoms with Gasteiger partial charge in [0.1, 0.15) is 11.6 Å². The molecule has 1 aliphatic rings. The van der Waals surface area contributed by atoms with E-state index in [4.69, 9.17) is 14.0 Å². The van der Waals surface area contributed by atoms with Crippen molar-refractivity contribution in [2.24, 2.45) is 0 Å². The van der Waals surface area contributed by atoms with Gasteiger partial charge in [0.15, 0.2) is 0 Å². The van der Waals surface area contributed by atoms with E-state index in [1.54, 1.807) is 6.07 Å². The van der Waals surface area contributed by atoms with Gasteiger partial charge in [-0.3, -0.25) is 4.39 Å². The second-order valence-electron chi connectivity index (χ2n) is 6.16. The second-order valence-corrected chi connectivity index (χ2v) is 6.16. The van der Waals surface area contributed by atoms with Crippen molar-refractivity contribution < 1.29 is 22.8 Å². The van der Waals surface area contributed by atoms with E-state index in [9.17, 15) is 8.78 Å². The molecule has 0 atom stereocenters. The Labute approximate surface area is 124 Å². The maximum Gasteiger partial charge on any atom is 0.497 e. The molecule has 0 aliphatic carbocycles. The third-order valence-corrected chi connectivity index (χ3v) is 4.02. The molecule has 1 aliphatic heterocycles. The number of hydrogen-bond donors (Lipinski definition) is 0. The molecule has 0 bridgehead atoms. The number of halogens is 2. The molecular formula is C15H21BF2O3. The van der Waals surface area contributed by atoms with Gasteiger partial charge in [-0.25, -0.2) is 4.39 Å². The van der Waals surface area contributed by atoms with Crippen molar-refractivity contribution >= 4 is 12.6 Å². The smallest absolute Gasteiger partial charge is 0.494 e. The number of ether oxygens (including phenoxy) is 1. The molecule has 21 heavy (non-hydrogen) atoms. The average Bonchev–Trinajstić information content (AvgIpc) is 2.60. The molecule has 0 radical (unpaired) electrons. The van der Waals surface area contributed by atoms with E-state index in [0.29, 0.717) is 17.6 Å². The number of benzene rings is 1. The highest BCUT2D eigenvalue weighted by atomic mass is 19.1. The molecule has 0 unspecified atom stereocenters. The lowest BCUT2D eigenvalue weighted by Crippen LogP contribution is -2.41. The first-order valence-electron chi connectivity index (χ1n) is 7.11. The van der Waals surface area contributed by atoms with Gasteiger partial charge in [0.25, 0.3) is 0 Å². The minimum absolute atomic E-state index is 0.255. The van der Waals surface area contributed by atoms with E-state index < -0.39 is 30.8 Å². The Morgan fingerprint density at radius 1 is 1.14 bits per heavy atom. The zero-order valence-electron chi connectivity index (χ0n) is 12.9.